The summed E-state index contributed by atoms with van der Waals surface area (Å²) in [6.45, 7) is 3.48. The Morgan fingerprint density at radius 2 is 2.00 bits per heavy atom. The monoisotopic (exact) mass is 322 g/mol. The van der Waals surface area contributed by atoms with Gasteiger partial charge in [-0.05, 0) is 24.7 Å². The normalized spacial score (nSPS) is 20.4. The first-order valence-corrected chi connectivity index (χ1v) is 8.05. The number of benzene rings is 1. The van der Waals surface area contributed by atoms with E-state index < -0.39 is 5.79 Å². The van der Waals surface area contributed by atoms with Gasteiger partial charge in [-0.1, -0.05) is 12.1 Å². The number of carbonyl (C=O) groups is 1. The van der Waals surface area contributed by atoms with Gasteiger partial charge in [-0.2, -0.15) is 0 Å². The molecule has 5 nitrogen and oxygen atoms in total. The van der Waals surface area contributed by atoms with E-state index in [1.165, 1.54) is 12.1 Å². The molecule has 2 fully saturated rings. The Morgan fingerprint density at radius 1 is 1.30 bits per heavy atom. The van der Waals surface area contributed by atoms with E-state index in [0.29, 0.717) is 39.4 Å². The van der Waals surface area contributed by atoms with Crippen molar-refractivity contribution < 1.29 is 18.7 Å². The highest BCUT2D eigenvalue weighted by atomic mass is 19.1. The van der Waals surface area contributed by atoms with Gasteiger partial charge >= 0.3 is 0 Å². The summed E-state index contributed by atoms with van der Waals surface area (Å²) in [5.74, 6) is -0.610. The molecule has 0 saturated carbocycles. The van der Waals surface area contributed by atoms with Crippen LogP contribution in [0.25, 0.3) is 0 Å². The van der Waals surface area contributed by atoms with E-state index in [2.05, 4.69) is 0 Å². The molecule has 0 radical (unpaired) electrons. The van der Waals surface area contributed by atoms with E-state index in [-0.39, 0.29) is 11.7 Å². The number of nitrogens with zero attached hydrogens (tertiary/aromatic N) is 2. The number of hydrogen-bond acceptors (Lipinski definition) is 4. The Bertz CT molecular complexity index is 551. The SMILES string of the molecule is CN(CC(=O)N1CCC2(CC1)OCCO2)Cc1cccc(F)c1. The molecule has 6 heteroatoms. The van der Waals surface area contributed by atoms with E-state index in [0.717, 1.165) is 18.4 Å². The van der Waals surface area contributed by atoms with Crippen molar-refractivity contribution in [3.05, 3.63) is 35.6 Å². The third kappa shape index (κ3) is 4.07. The molecule has 126 valence electrons. The van der Waals surface area contributed by atoms with Gasteiger partial charge < -0.3 is 14.4 Å². The highest BCUT2D eigenvalue weighted by Crippen LogP contribution is 2.31. The van der Waals surface area contributed by atoms with Gasteiger partial charge in [0.1, 0.15) is 5.82 Å². The lowest BCUT2D eigenvalue weighted by atomic mass is 10.0. The fraction of sp³-hybridized carbons (Fsp3) is 0.588. The Hall–Kier alpha value is -1.50. The lowest BCUT2D eigenvalue weighted by Gasteiger charge is -2.38. The average molecular weight is 322 g/mol. The van der Waals surface area contributed by atoms with Crippen molar-refractivity contribution in [2.24, 2.45) is 0 Å². The van der Waals surface area contributed by atoms with Crippen LogP contribution in [-0.4, -0.2) is 61.4 Å². The summed E-state index contributed by atoms with van der Waals surface area (Å²) in [4.78, 5) is 16.2. The first kappa shape index (κ1) is 16.4. The van der Waals surface area contributed by atoms with Crippen LogP contribution in [0.15, 0.2) is 24.3 Å². The molecule has 2 aliphatic heterocycles. The Morgan fingerprint density at radius 3 is 2.65 bits per heavy atom. The lowest BCUT2D eigenvalue weighted by molar-refractivity contribution is -0.187. The van der Waals surface area contributed by atoms with Crippen LogP contribution >= 0.6 is 0 Å². The van der Waals surface area contributed by atoms with Gasteiger partial charge in [0.2, 0.25) is 5.91 Å². The highest BCUT2D eigenvalue weighted by molar-refractivity contribution is 5.78. The number of likely N-dealkylation sites (N-methyl/N-ethyl adjacent to an activating group) is 1. The van der Waals surface area contributed by atoms with Crippen molar-refractivity contribution in [2.75, 3.05) is 39.9 Å². The summed E-state index contributed by atoms with van der Waals surface area (Å²) in [5, 5.41) is 0. The molecule has 3 rings (SSSR count). The van der Waals surface area contributed by atoms with E-state index >= 15 is 0 Å². The molecule has 0 bridgehead atoms. The number of halogens is 1. The molecule has 0 aliphatic carbocycles. The van der Waals surface area contributed by atoms with Crippen LogP contribution in [-0.2, 0) is 20.8 Å². The zero-order valence-corrected chi connectivity index (χ0v) is 13.5. The van der Waals surface area contributed by atoms with Crippen LogP contribution in [0.1, 0.15) is 18.4 Å². The molecule has 0 atom stereocenters. The van der Waals surface area contributed by atoms with Gasteiger partial charge in [0.05, 0.1) is 19.8 Å². The molecular weight excluding hydrogens is 299 g/mol. The van der Waals surface area contributed by atoms with Gasteiger partial charge in [-0.3, -0.25) is 9.69 Å². The zero-order chi connectivity index (χ0) is 16.3. The summed E-state index contributed by atoms with van der Waals surface area (Å²) in [5.41, 5.74) is 0.866. The first-order valence-electron chi connectivity index (χ1n) is 8.05. The fourth-order valence-electron chi connectivity index (χ4n) is 3.22. The highest BCUT2D eigenvalue weighted by Gasteiger charge is 2.40. The number of hydrogen-bond donors (Lipinski definition) is 0. The summed E-state index contributed by atoms with van der Waals surface area (Å²) in [6, 6.07) is 6.47. The van der Waals surface area contributed by atoms with Crippen molar-refractivity contribution in [3.63, 3.8) is 0 Å². The molecule has 0 N–H and O–H groups in total. The second-order valence-corrected chi connectivity index (χ2v) is 6.29. The maximum atomic E-state index is 13.2. The van der Waals surface area contributed by atoms with E-state index in [1.807, 2.05) is 22.9 Å². The van der Waals surface area contributed by atoms with Gasteiger partial charge in [0.15, 0.2) is 5.79 Å². The number of likely N-dealkylation sites (tertiary alicyclic amines) is 1. The second kappa shape index (κ2) is 6.95. The van der Waals surface area contributed by atoms with E-state index in [4.69, 9.17) is 9.47 Å². The van der Waals surface area contributed by atoms with Crippen molar-refractivity contribution in [2.45, 2.75) is 25.2 Å². The molecule has 0 unspecified atom stereocenters. The summed E-state index contributed by atoms with van der Waals surface area (Å²) in [6.07, 6.45) is 1.46. The minimum atomic E-state index is -0.454. The van der Waals surface area contributed by atoms with Crippen molar-refractivity contribution in [1.82, 2.24) is 9.80 Å². The average Bonchev–Trinajstić information content (AvgIpc) is 2.96. The van der Waals surface area contributed by atoms with Gasteiger partial charge in [0.25, 0.3) is 0 Å². The summed E-state index contributed by atoms with van der Waals surface area (Å²) >= 11 is 0. The molecule has 1 spiro atoms. The van der Waals surface area contributed by atoms with Crippen molar-refractivity contribution >= 4 is 5.91 Å². The standard InChI is InChI=1S/C17H23FN2O3/c1-19(12-14-3-2-4-15(18)11-14)13-16(21)20-7-5-17(6-8-20)22-9-10-23-17/h2-4,11H,5-10,12-13H2,1H3. The van der Waals surface area contributed by atoms with Gasteiger partial charge in [0, 0.05) is 32.5 Å². The quantitative estimate of drug-likeness (QED) is 0.845. The van der Waals surface area contributed by atoms with Crippen molar-refractivity contribution in [3.8, 4) is 0 Å². The molecule has 0 aromatic heterocycles. The smallest absolute Gasteiger partial charge is 0.236 e. The minimum absolute atomic E-state index is 0.0942. The van der Waals surface area contributed by atoms with Crippen LogP contribution in [0.3, 0.4) is 0 Å². The second-order valence-electron chi connectivity index (χ2n) is 6.29. The molecule has 1 aromatic carbocycles. The Labute approximate surface area is 136 Å². The third-order valence-corrected chi connectivity index (χ3v) is 4.44. The third-order valence-electron chi connectivity index (χ3n) is 4.44. The number of amides is 1. The minimum Gasteiger partial charge on any atom is -0.347 e. The number of ether oxygens (including phenoxy) is 2. The maximum Gasteiger partial charge on any atom is 0.236 e. The Kier molecular flexibility index (Phi) is 4.94. The van der Waals surface area contributed by atoms with Crippen LogP contribution in [0.5, 0.6) is 0 Å². The fourth-order valence-corrected chi connectivity index (χ4v) is 3.22. The van der Waals surface area contributed by atoms with Crippen LogP contribution in [0.2, 0.25) is 0 Å². The molecule has 1 aromatic rings. The predicted octanol–water partition coefficient (Wildman–Crippen LogP) is 1.62. The van der Waals surface area contributed by atoms with Crippen LogP contribution in [0.4, 0.5) is 4.39 Å². The van der Waals surface area contributed by atoms with Gasteiger partial charge in [-0.25, -0.2) is 4.39 Å². The van der Waals surface area contributed by atoms with Crippen LogP contribution < -0.4 is 0 Å². The summed E-state index contributed by atoms with van der Waals surface area (Å²) < 4.78 is 24.5. The Balaban J connectivity index is 1.47. The number of rotatable bonds is 4. The van der Waals surface area contributed by atoms with E-state index in [1.54, 1.807) is 6.07 Å². The zero-order valence-electron chi connectivity index (χ0n) is 13.5. The summed E-state index contributed by atoms with van der Waals surface area (Å²) in [7, 11) is 1.87. The van der Waals surface area contributed by atoms with Gasteiger partial charge in [-0.15, -0.1) is 0 Å². The topological polar surface area (TPSA) is 42.0 Å². The first-order chi connectivity index (χ1) is 11.1. The molecule has 2 saturated heterocycles. The van der Waals surface area contributed by atoms with E-state index in [9.17, 15) is 9.18 Å². The van der Waals surface area contributed by atoms with Crippen LogP contribution in [0, 0.1) is 5.82 Å². The molecular formula is C17H23FN2O3. The number of carbonyl (C=O) groups excluding carboxylic acids is 1. The maximum absolute atomic E-state index is 13.2. The number of piperidine rings is 1. The molecule has 23 heavy (non-hydrogen) atoms. The molecule has 2 heterocycles. The largest absolute Gasteiger partial charge is 0.347 e. The predicted molar refractivity (Wildman–Crippen MR) is 83.2 cm³/mol. The van der Waals surface area contributed by atoms with Crippen molar-refractivity contribution in [1.29, 1.82) is 0 Å². The lowest BCUT2D eigenvalue weighted by Crippen LogP contribution is -2.49. The molecule has 2 aliphatic rings. The molecule has 1 amide bonds.